The molecule has 2 aromatic heterocycles. The summed E-state index contributed by atoms with van der Waals surface area (Å²) in [6, 6.07) is 11.7. The van der Waals surface area contributed by atoms with Crippen LogP contribution in [0.2, 0.25) is 0 Å². The maximum absolute atomic E-state index is 12.4. The number of carbonyl (C=O) groups is 1. The Morgan fingerprint density at radius 2 is 2.07 bits per heavy atom. The van der Waals surface area contributed by atoms with Crippen molar-refractivity contribution in [1.82, 2.24) is 14.8 Å². The number of aromatic nitrogens is 3. The standard InChI is InChI=1S/C20H21BrN4O2S/c21-14-6-4-7-15(12-14)22-18(26)13-28-20-24-23-19(17-10-5-11-27-17)25(20)16-8-2-1-3-9-16/h4-7,10-12,16H,1-3,8-9,13H2,(H,22,26). The van der Waals surface area contributed by atoms with Gasteiger partial charge in [0.15, 0.2) is 10.9 Å². The second-order valence-corrected chi connectivity index (χ2v) is 8.65. The van der Waals surface area contributed by atoms with E-state index in [4.69, 9.17) is 4.42 Å². The minimum Gasteiger partial charge on any atom is -0.461 e. The molecule has 1 aliphatic rings. The van der Waals surface area contributed by atoms with Gasteiger partial charge in [0.2, 0.25) is 11.7 Å². The molecule has 6 nitrogen and oxygen atoms in total. The zero-order valence-corrected chi connectivity index (χ0v) is 17.7. The van der Waals surface area contributed by atoms with E-state index < -0.39 is 0 Å². The summed E-state index contributed by atoms with van der Waals surface area (Å²) in [4.78, 5) is 12.4. The number of halogens is 1. The van der Waals surface area contributed by atoms with Crippen LogP contribution in [-0.4, -0.2) is 26.4 Å². The van der Waals surface area contributed by atoms with Crippen LogP contribution >= 0.6 is 27.7 Å². The van der Waals surface area contributed by atoms with Crippen LogP contribution in [0, 0.1) is 0 Å². The molecule has 1 aromatic carbocycles. The molecule has 0 spiro atoms. The average molecular weight is 461 g/mol. The van der Waals surface area contributed by atoms with Crippen molar-refractivity contribution in [3.63, 3.8) is 0 Å². The lowest BCUT2D eigenvalue weighted by atomic mass is 9.95. The number of thioether (sulfide) groups is 1. The molecule has 0 atom stereocenters. The van der Waals surface area contributed by atoms with Crippen LogP contribution in [0.25, 0.3) is 11.6 Å². The molecule has 4 rings (SSSR count). The third-order valence-corrected chi connectivity index (χ3v) is 6.22. The fourth-order valence-electron chi connectivity index (χ4n) is 3.51. The first-order valence-corrected chi connectivity index (χ1v) is 11.2. The molecule has 1 aliphatic carbocycles. The van der Waals surface area contributed by atoms with Gasteiger partial charge in [-0.1, -0.05) is 53.0 Å². The zero-order valence-electron chi connectivity index (χ0n) is 15.3. The topological polar surface area (TPSA) is 73.0 Å². The van der Waals surface area contributed by atoms with Gasteiger partial charge >= 0.3 is 0 Å². The van der Waals surface area contributed by atoms with Gasteiger partial charge in [-0.05, 0) is 43.2 Å². The van der Waals surface area contributed by atoms with Crippen LogP contribution in [-0.2, 0) is 4.79 Å². The molecule has 0 aliphatic heterocycles. The first-order chi connectivity index (χ1) is 13.7. The van der Waals surface area contributed by atoms with E-state index in [-0.39, 0.29) is 11.7 Å². The Kier molecular flexibility index (Phi) is 6.17. The van der Waals surface area contributed by atoms with Crippen LogP contribution < -0.4 is 5.32 Å². The molecule has 0 radical (unpaired) electrons. The Bertz CT molecular complexity index is 936. The third kappa shape index (κ3) is 4.50. The number of rotatable bonds is 6. The smallest absolute Gasteiger partial charge is 0.234 e. The quantitative estimate of drug-likeness (QED) is 0.489. The molecular formula is C20H21BrN4O2S. The summed E-state index contributed by atoms with van der Waals surface area (Å²) in [5.41, 5.74) is 0.769. The number of hydrogen-bond donors (Lipinski definition) is 1. The van der Waals surface area contributed by atoms with Crippen LogP contribution in [0.4, 0.5) is 5.69 Å². The van der Waals surface area contributed by atoms with E-state index in [2.05, 4.69) is 36.0 Å². The SMILES string of the molecule is O=C(CSc1nnc(-c2ccco2)n1C1CCCCC1)Nc1cccc(Br)c1. The third-order valence-electron chi connectivity index (χ3n) is 4.79. The van der Waals surface area contributed by atoms with Crippen molar-refractivity contribution in [2.75, 3.05) is 11.1 Å². The Balaban J connectivity index is 1.50. The highest BCUT2D eigenvalue weighted by Gasteiger charge is 2.25. The summed E-state index contributed by atoms with van der Waals surface area (Å²) in [5, 5.41) is 12.4. The number of amides is 1. The van der Waals surface area contributed by atoms with Gasteiger partial charge in [0, 0.05) is 16.2 Å². The predicted molar refractivity (Wildman–Crippen MR) is 113 cm³/mol. The van der Waals surface area contributed by atoms with E-state index in [1.165, 1.54) is 31.0 Å². The van der Waals surface area contributed by atoms with Gasteiger partial charge in [-0.15, -0.1) is 10.2 Å². The second kappa shape index (κ2) is 8.96. The number of nitrogens with one attached hydrogen (secondary N) is 1. The van der Waals surface area contributed by atoms with Crippen molar-refractivity contribution in [2.24, 2.45) is 0 Å². The van der Waals surface area contributed by atoms with Crippen molar-refractivity contribution >= 4 is 39.3 Å². The van der Waals surface area contributed by atoms with E-state index >= 15 is 0 Å². The number of nitrogens with zero attached hydrogens (tertiary/aromatic N) is 3. The Morgan fingerprint density at radius 3 is 2.82 bits per heavy atom. The maximum atomic E-state index is 12.4. The maximum Gasteiger partial charge on any atom is 0.234 e. The summed E-state index contributed by atoms with van der Waals surface area (Å²) in [6.45, 7) is 0. The van der Waals surface area contributed by atoms with E-state index in [1.807, 2.05) is 36.4 Å². The lowest BCUT2D eigenvalue weighted by Gasteiger charge is -2.25. The van der Waals surface area contributed by atoms with Gasteiger partial charge in [-0.2, -0.15) is 0 Å². The molecule has 28 heavy (non-hydrogen) atoms. The molecular weight excluding hydrogens is 440 g/mol. The minimum absolute atomic E-state index is 0.0687. The molecule has 3 aromatic rings. The van der Waals surface area contributed by atoms with Gasteiger partial charge in [-0.25, -0.2) is 0 Å². The zero-order chi connectivity index (χ0) is 19.3. The van der Waals surface area contributed by atoms with Gasteiger partial charge in [0.05, 0.1) is 12.0 Å². The summed E-state index contributed by atoms with van der Waals surface area (Å²) >= 11 is 4.83. The van der Waals surface area contributed by atoms with E-state index in [0.717, 1.165) is 34.0 Å². The second-order valence-electron chi connectivity index (χ2n) is 6.79. The largest absolute Gasteiger partial charge is 0.461 e. The van der Waals surface area contributed by atoms with Crippen molar-refractivity contribution < 1.29 is 9.21 Å². The molecule has 1 saturated carbocycles. The summed E-state index contributed by atoms with van der Waals surface area (Å²) in [7, 11) is 0. The molecule has 8 heteroatoms. The molecule has 1 N–H and O–H groups in total. The van der Waals surface area contributed by atoms with Crippen LogP contribution in [0.1, 0.15) is 38.1 Å². The van der Waals surface area contributed by atoms with Crippen LogP contribution in [0.5, 0.6) is 0 Å². The number of benzene rings is 1. The normalized spacial score (nSPS) is 14.9. The van der Waals surface area contributed by atoms with E-state index in [1.54, 1.807) is 6.26 Å². The molecule has 2 heterocycles. The van der Waals surface area contributed by atoms with Crippen molar-refractivity contribution in [2.45, 2.75) is 43.3 Å². The van der Waals surface area contributed by atoms with E-state index in [0.29, 0.717) is 11.8 Å². The lowest BCUT2D eigenvalue weighted by molar-refractivity contribution is -0.113. The minimum atomic E-state index is -0.0687. The molecule has 0 bridgehead atoms. The fraction of sp³-hybridized carbons (Fsp3) is 0.350. The van der Waals surface area contributed by atoms with Gasteiger partial charge in [-0.3, -0.25) is 9.36 Å². The summed E-state index contributed by atoms with van der Waals surface area (Å²) in [5.74, 6) is 1.66. The number of anilines is 1. The van der Waals surface area contributed by atoms with Crippen molar-refractivity contribution in [1.29, 1.82) is 0 Å². The number of furan rings is 1. The molecule has 1 fully saturated rings. The van der Waals surface area contributed by atoms with E-state index in [9.17, 15) is 4.79 Å². The number of hydrogen-bond acceptors (Lipinski definition) is 5. The van der Waals surface area contributed by atoms with Gasteiger partial charge < -0.3 is 9.73 Å². The Hall–Kier alpha value is -2.06. The predicted octanol–water partition coefficient (Wildman–Crippen LogP) is 5.54. The number of carbonyl (C=O) groups excluding carboxylic acids is 1. The first kappa shape index (κ1) is 19.3. The van der Waals surface area contributed by atoms with Gasteiger partial charge in [0.25, 0.3) is 0 Å². The summed E-state index contributed by atoms with van der Waals surface area (Å²) in [6.07, 6.45) is 7.52. The lowest BCUT2D eigenvalue weighted by Crippen LogP contribution is -2.17. The Morgan fingerprint density at radius 1 is 1.21 bits per heavy atom. The fourth-order valence-corrected chi connectivity index (χ4v) is 4.72. The monoisotopic (exact) mass is 460 g/mol. The summed E-state index contributed by atoms with van der Waals surface area (Å²) < 4.78 is 8.65. The highest BCUT2D eigenvalue weighted by molar-refractivity contribution is 9.10. The van der Waals surface area contributed by atoms with Crippen molar-refractivity contribution in [3.05, 3.63) is 47.1 Å². The van der Waals surface area contributed by atoms with Crippen LogP contribution in [0.15, 0.2) is 56.7 Å². The molecule has 1 amide bonds. The van der Waals surface area contributed by atoms with Gasteiger partial charge in [0.1, 0.15) is 0 Å². The highest BCUT2D eigenvalue weighted by Crippen LogP contribution is 2.35. The molecule has 0 saturated heterocycles. The Labute approximate surface area is 176 Å². The highest BCUT2D eigenvalue weighted by atomic mass is 79.9. The van der Waals surface area contributed by atoms with Crippen molar-refractivity contribution in [3.8, 4) is 11.6 Å². The molecule has 146 valence electrons. The first-order valence-electron chi connectivity index (χ1n) is 9.38. The van der Waals surface area contributed by atoms with Crippen LogP contribution in [0.3, 0.4) is 0 Å². The average Bonchev–Trinajstić information content (AvgIpc) is 3.36. The molecule has 0 unspecified atom stereocenters.